The first-order chi connectivity index (χ1) is 20.7. The van der Waals surface area contributed by atoms with Crippen LogP contribution in [0.2, 0.25) is 0 Å². The maximum atomic E-state index is 12.6. The van der Waals surface area contributed by atoms with Crippen molar-refractivity contribution in [1.82, 2.24) is 0 Å². The van der Waals surface area contributed by atoms with E-state index in [0.717, 1.165) is 22.3 Å². The molecule has 5 rings (SSSR count). The molecule has 0 saturated carbocycles. The second-order valence-electron chi connectivity index (χ2n) is 10.2. The molecular weight excluding hydrogens is 532 g/mol. The predicted octanol–water partition coefficient (Wildman–Crippen LogP) is 5.81. The number of aliphatic carboxylic acids is 1. The van der Waals surface area contributed by atoms with Gasteiger partial charge in [-0.05, 0) is 22.3 Å². The first-order valence-corrected chi connectivity index (χ1v) is 14.1. The molecule has 1 N–H and O–H groups in total. The lowest BCUT2D eigenvalue weighted by atomic mass is 9.94. The fraction of sp³-hybridized carbons (Fsp3) is 0.286. The summed E-state index contributed by atoms with van der Waals surface area (Å²) in [5.41, 5.74) is 3.85. The van der Waals surface area contributed by atoms with Gasteiger partial charge in [0.1, 0.15) is 24.4 Å². The van der Waals surface area contributed by atoms with Crippen LogP contribution in [0.15, 0.2) is 121 Å². The van der Waals surface area contributed by atoms with Crippen LogP contribution in [0.3, 0.4) is 0 Å². The van der Waals surface area contributed by atoms with Crippen LogP contribution in [0.4, 0.5) is 0 Å². The minimum atomic E-state index is -1.28. The zero-order valence-corrected chi connectivity index (χ0v) is 23.4. The predicted molar refractivity (Wildman–Crippen MR) is 157 cm³/mol. The van der Waals surface area contributed by atoms with Crippen LogP contribution < -0.4 is 0 Å². The quantitative estimate of drug-likeness (QED) is 0.206. The maximum absolute atomic E-state index is 12.6. The Morgan fingerprint density at radius 3 is 1.36 bits per heavy atom. The molecule has 1 heterocycles. The lowest BCUT2D eigenvalue weighted by Gasteiger charge is -2.45. The molecule has 4 aromatic rings. The fourth-order valence-electron chi connectivity index (χ4n) is 4.99. The van der Waals surface area contributed by atoms with Gasteiger partial charge in [0.2, 0.25) is 0 Å². The van der Waals surface area contributed by atoms with E-state index in [2.05, 4.69) is 0 Å². The van der Waals surface area contributed by atoms with Crippen LogP contribution in [0.25, 0.3) is 0 Å². The molecule has 1 fully saturated rings. The third-order valence-electron chi connectivity index (χ3n) is 7.13. The van der Waals surface area contributed by atoms with Crippen LogP contribution in [0, 0.1) is 0 Å². The summed E-state index contributed by atoms with van der Waals surface area (Å²) in [4.78, 5) is 12.6. The number of hydrogen-bond acceptors (Lipinski definition) is 6. The average molecular weight is 569 g/mol. The van der Waals surface area contributed by atoms with E-state index in [0.29, 0.717) is 13.2 Å². The van der Waals surface area contributed by atoms with Crippen molar-refractivity contribution in [3.63, 3.8) is 0 Å². The van der Waals surface area contributed by atoms with Gasteiger partial charge >= 0.3 is 5.97 Å². The minimum Gasteiger partial charge on any atom is -0.479 e. The zero-order chi connectivity index (χ0) is 29.0. The molecule has 0 amide bonds. The van der Waals surface area contributed by atoms with Crippen LogP contribution >= 0.6 is 0 Å². The zero-order valence-electron chi connectivity index (χ0n) is 23.4. The second kappa shape index (κ2) is 15.4. The Morgan fingerprint density at radius 2 is 0.929 bits per heavy atom. The molecule has 4 aromatic carbocycles. The Hall–Kier alpha value is -3.85. The van der Waals surface area contributed by atoms with Gasteiger partial charge < -0.3 is 28.8 Å². The topological polar surface area (TPSA) is 83.5 Å². The summed E-state index contributed by atoms with van der Waals surface area (Å²) in [6, 6.07) is 39.0. The molecule has 0 spiro atoms. The van der Waals surface area contributed by atoms with Gasteiger partial charge in [0, 0.05) is 0 Å². The van der Waals surface area contributed by atoms with Gasteiger partial charge in [-0.15, -0.1) is 0 Å². The summed E-state index contributed by atoms with van der Waals surface area (Å²) in [6.07, 6.45) is -4.34. The highest BCUT2D eigenvalue weighted by atomic mass is 16.6. The lowest BCUT2D eigenvalue weighted by molar-refractivity contribution is -0.271. The molecule has 0 unspecified atom stereocenters. The molecule has 7 nitrogen and oxygen atoms in total. The van der Waals surface area contributed by atoms with E-state index in [9.17, 15) is 9.90 Å². The van der Waals surface area contributed by atoms with E-state index in [1.54, 1.807) is 0 Å². The highest BCUT2D eigenvalue weighted by Crippen LogP contribution is 2.31. The number of hydrogen-bond donors (Lipinski definition) is 1. The van der Waals surface area contributed by atoms with E-state index >= 15 is 0 Å². The number of carboxylic acid groups (broad SMARTS) is 1. The van der Waals surface area contributed by atoms with E-state index in [1.165, 1.54) is 0 Å². The van der Waals surface area contributed by atoms with E-state index in [4.69, 9.17) is 23.7 Å². The molecule has 1 aliphatic rings. The summed E-state index contributed by atoms with van der Waals surface area (Å²) >= 11 is 0. The van der Waals surface area contributed by atoms with Crippen molar-refractivity contribution in [3.05, 3.63) is 144 Å². The normalized spacial score (nSPS) is 22.0. The lowest BCUT2D eigenvalue weighted by Crippen LogP contribution is -2.63. The number of carbonyl (C=O) groups is 1. The average Bonchev–Trinajstić information content (AvgIpc) is 3.04. The smallest absolute Gasteiger partial charge is 0.335 e. The van der Waals surface area contributed by atoms with Gasteiger partial charge in [-0.3, -0.25) is 0 Å². The van der Waals surface area contributed by atoms with Crippen molar-refractivity contribution >= 4 is 5.97 Å². The van der Waals surface area contributed by atoms with Crippen molar-refractivity contribution in [2.45, 2.75) is 56.9 Å². The van der Waals surface area contributed by atoms with Crippen LogP contribution in [-0.2, 0) is 54.9 Å². The molecule has 0 aromatic heterocycles. The largest absolute Gasteiger partial charge is 0.479 e. The number of carboxylic acids is 1. The van der Waals surface area contributed by atoms with Crippen LogP contribution in [-0.4, -0.2) is 48.2 Å². The van der Waals surface area contributed by atoms with Crippen molar-refractivity contribution in [3.8, 4) is 0 Å². The number of benzene rings is 4. The van der Waals surface area contributed by atoms with E-state index < -0.39 is 36.5 Å². The molecule has 7 heteroatoms. The van der Waals surface area contributed by atoms with Gasteiger partial charge in [0.25, 0.3) is 0 Å². The molecule has 1 saturated heterocycles. The first-order valence-electron chi connectivity index (χ1n) is 14.1. The SMILES string of the molecule is O=C(O)[C@H]1O[C@H](COCc2ccccc2)[C@@H](OCc2ccccc2)[C@H](OCc2ccccc2)[C@@H]1OCc1ccccc1. The van der Waals surface area contributed by atoms with Gasteiger partial charge in [-0.1, -0.05) is 121 Å². The Morgan fingerprint density at radius 1 is 0.548 bits per heavy atom. The number of rotatable bonds is 14. The molecule has 42 heavy (non-hydrogen) atoms. The van der Waals surface area contributed by atoms with E-state index in [1.807, 2.05) is 121 Å². The third-order valence-corrected chi connectivity index (χ3v) is 7.13. The van der Waals surface area contributed by atoms with Crippen molar-refractivity contribution in [2.75, 3.05) is 6.61 Å². The van der Waals surface area contributed by atoms with Gasteiger partial charge in [-0.25, -0.2) is 4.79 Å². The minimum absolute atomic E-state index is 0.120. The summed E-state index contributed by atoms with van der Waals surface area (Å²) in [7, 11) is 0. The molecule has 1 aliphatic heterocycles. The Kier molecular flexibility index (Phi) is 10.9. The standard InChI is InChI=1S/C35H36O7/c36-35(37)34-33(41-24-29-19-11-4-12-20-29)32(40-23-28-17-9-3-10-18-28)31(39-22-27-15-7-2-8-16-27)30(42-34)25-38-21-26-13-5-1-6-14-26/h1-20,30-34H,21-25H2,(H,36,37)/t30-,31-,32+,33+,34+/m1/s1. The molecular formula is C35H36O7. The van der Waals surface area contributed by atoms with E-state index in [-0.39, 0.29) is 19.8 Å². The van der Waals surface area contributed by atoms with Crippen LogP contribution in [0.5, 0.6) is 0 Å². The Labute approximate surface area is 246 Å². The fourth-order valence-corrected chi connectivity index (χ4v) is 4.99. The Balaban J connectivity index is 1.41. The second-order valence-corrected chi connectivity index (χ2v) is 10.2. The van der Waals surface area contributed by atoms with Gasteiger partial charge in [-0.2, -0.15) is 0 Å². The van der Waals surface area contributed by atoms with Crippen molar-refractivity contribution < 1.29 is 33.6 Å². The Bertz CT molecular complexity index is 1340. The van der Waals surface area contributed by atoms with Crippen molar-refractivity contribution in [1.29, 1.82) is 0 Å². The molecule has 5 atom stereocenters. The van der Waals surface area contributed by atoms with Gasteiger partial charge in [0.05, 0.1) is 33.0 Å². The highest BCUT2D eigenvalue weighted by molar-refractivity contribution is 5.73. The van der Waals surface area contributed by atoms with Crippen molar-refractivity contribution in [2.24, 2.45) is 0 Å². The maximum Gasteiger partial charge on any atom is 0.335 e. The summed E-state index contributed by atoms with van der Waals surface area (Å²) in [6.45, 7) is 1.22. The molecule has 0 radical (unpaired) electrons. The van der Waals surface area contributed by atoms with Crippen LogP contribution in [0.1, 0.15) is 22.3 Å². The van der Waals surface area contributed by atoms with Gasteiger partial charge in [0.15, 0.2) is 6.10 Å². The third kappa shape index (κ3) is 8.35. The first kappa shape index (κ1) is 29.6. The highest BCUT2D eigenvalue weighted by Gasteiger charge is 2.51. The molecule has 0 bridgehead atoms. The summed E-state index contributed by atoms with van der Waals surface area (Å²) in [5.74, 6) is -1.13. The number of ether oxygens (including phenoxy) is 5. The molecule has 0 aliphatic carbocycles. The summed E-state index contributed by atoms with van der Waals surface area (Å²) < 4.78 is 31.6. The summed E-state index contributed by atoms with van der Waals surface area (Å²) in [5, 5.41) is 10.3. The molecule has 218 valence electrons. The monoisotopic (exact) mass is 568 g/mol.